The van der Waals surface area contributed by atoms with E-state index in [0.29, 0.717) is 17.2 Å². The van der Waals surface area contributed by atoms with Crippen molar-refractivity contribution in [1.29, 1.82) is 0 Å². The maximum absolute atomic E-state index is 13.5. The minimum Gasteiger partial charge on any atom is -0.482 e. The Balaban J connectivity index is 1.51. The minimum atomic E-state index is -0.0348. The van der Waals surface area contributed by atoms with Crippen molar-refractivity contribution in [3.63, 3.8) is 0 Å². The van der Waals surface area contributed by atoms with Crippen molar-refractivity contribution in [2.24, 2.45) is 0 Å². The van der Waals surface area contributed by atoms with E-state index < -0.39 is 0 Å². The third kappa shape index (κ3) is 6.15. The zero-order chi connectivity index (χ0) is 23.0. The summed E-state index contributed by atoms with van der Waals surface area (Å²) in [4.78, 5) is 31.5. The Morgan fingerprint density at radius 2 is 1.79 bits per heavy atom. The number of nitrogens with zero attached hydrogens (tertiary/aromatic N) is 2. The molecule has 0 saturated carbocycles. The second-order valence-electron chi connectivity index (χ2n) is 8.79. The molecule has 3 heterocycles. The van der Waals surface area contributed by atoms with E-state index in [4.69, 9.17) is 9.47 Å². The van der Waals surface area contributed by atoms with Gasteiger partial charge in [-0.25, -0.2) is 0 Å². The molecule has 178 valence electrons. The molecule has 0 aliphatic carbocycles. The highest BCUT2D eigenvalue weighted by Gasteiger charge is 2.29. The summed E-state index contributed by atoms with van der Waals surface area (Å²) < 4.78 is 11.9. The van der Waals surface area contributed by atoms with Crippen molar-refractivity contribution in [3.8, 4) is 16.2 Å². The van der Waals surface area contributed by atoms with Gasteiger partial charge in [-0.05, 0) is 50.2 Å². The fraction of sp³-hybridized carbons (Fsp3) is 0.538. The second-order valence-corrected chi connectivity index (χ2v) is 9.84. The summed E-state index contributed by atoms with van der Waals surface area (Å²) in [5, 5.41) is 0. The van der Waals surface area contributed by atoms with Crippen LogP contribution in [0.5, 0.6) is 5.75 Å². The number of rotatable bonds is 8. The Hall–Kier alpha value is -2.38. The van der Waals surface area contributed by atoms with E-state index in [2.05, 4.69) is 6.92 Å². The molecule has 7 heteroatoms. The monoisotopic (exact) mass is 470 g/mol. The zero-order valence-electron chi connectivity index (χ0n) is 19.5. The van der Waals surface area contributed by atoms with Crippen LogP contribution in [0.25, 0.3) is 10.4 Å². The molecule has 2 saturated heterocycles. The third-order valence-corrected chi connectivity index (χ3v) is 7.39. The lowest BCUT2D eigenvalue weighted by atomic mass is 10.1. The normalized spacial score (nSPS) is 18.9. The van der Waals surface area contributed by atoms with E-state index >= 15 is 0 Å². The summed E-state index contributed by atoms with van der Waals surface area (Å²) in [6, 6.07) is 11.9. The first-order chi connectivity index (χ1) is 16.2. The molecule has 0 spiro atoms. The number of carbonyl (C=O) groups is 2. The van der Waals surface area contributed by atoms with E-state index in [0.717, 1.165) is 68.8 Å². The van der Waals surface area contributed by atoms with Crippen LogP contribution in [-0.2, 0) is 9.53 Å². The van der Waals surface area contributed by atoms with Crippen LogP contribution >= 0.6 is 11.3 Å². The van der Waals surface area contributed by atoms with Gasteiger partial charge in [0.1, 0.15) is 10.6 Å². The van der Waals surface area contributed by atoms with Gasteiger partial charge in [-0.2, -0.15) is 0 Å². The summed E-state index contributed by atoms with van der Waals surface area (Å²) in [5.74, 6) is 0.463. The quantitative estimate of drug-likeness (QED) is 0.554. The van der Waals surface area contributed by atoms with Crippen LogP contribution in [0.4, 0.5) is 0 Å². The summed E-state index contributed by atoms with van der Waals surface area (Å²) in [7, 11) is 0. The summed E-state index contributed by atoms with van der Waals surface area (Å²) in [6.45, 7) is 5.68. The predicted octanol–water partition coefficient (Wildman–Crippen LogP) is 4.84. The van der Waals surface area contributed by atoms with Gasteiger partial charge in [0.25, 0.3) is 11.8 Å². The fourth-order valence-electron chi connectivity index (χ4n) is 4.44. The standard InChI is InChI=1S/C26H34N2O4S/c1-2-16-31-21-12-9-15-28(18-21)26(30)25-22(17-23(33-25)20-10-5-3-6-11-20)32-19-24(29)27-13-7-4-8-14-27/h3,5-6,10-11,17,21H,2,4,7-9,12-16,18-19H2,1H3. The van der Waals surface area contributed by atoms with Gasteiger partial charge >= 0.3 is 0 Å². The van der Waals surface area contributed by atoms with Crippen molar-refractivity contribution >= 4 is 23.2 Å². The van der Waals surface area contributed by atoms with Crippen LogP contribution in [0.15, 0.2) is 36.4 Å². The van der Waals surface area contributed by atoms with E-state index in [1.807, 2.05) is 46.2 Å². The van der Waals surface area contributed by atoms with Crippen molar-refractivity contribution < 1.29 is 19.1 Å². The molecule has 1 atom stereocenters. The van der Waals surface area contributed by atoms with Crippen LogP contribution in [0, 0.1) is 0 Å². The molecular formula is C26H34N2O4S. The average molecular weight is 471 g/mol. The van der Waals surface area contributed by atoms with Gasteiger partial charge in [-0.1, -0.05) is 37.3 Å². The molecule has 6 nitrogen and oxygen atoms in total. The molecule has 2 fully saturated rings. The molecule has 2 aromatic rings. The van der Waals surface area contributed by atoms with E-state index in [1.165, 1.54) is 17.8 Å². The average Bonchev–Trinajstić information content (AvgIpc) is 3.31. The Morgan fingerprint density at radius 1 is 1.03 bits per heavy atom. The fourth-order valence-corrected chi connectivity index (χ4v) is 5.51. The molecule has 33 heavy (non-hydrogen) atoms. The van der Waals surface area contributed by atoms with Gasteiger partial charge < -0.3 is 19.3 Å². The maximum atomic E-state index is 13.5. The first-order valence-corrected chi connectivity index (χ1v) is 13.0. The van der Waals surface area contributed by atoms with Gasteiger partial charge in [-0.15, -0.1) is 11.3 Å². The molecule has 2 amide bonds. The lowest BCUT2D eigenvalue weighted by Crippen LogP contribution is -2.43. The number of piperidine rings is 2. The lowest BCUT2D eigenvalue weighted by molar-refractivity contribution is -0.134. The van der Waals surface area contributed by atoms with Gasteiger partial charge in [0.15, 0.2) is 6.61 Å². The van der Waals surface area contributed by atoms with Crippen molar-refractivity contribution in [1.82, 2.24) is 9.80 Å². The molecule has 1 unspecified atom stereocenters. The highest BCUT2D eigenvalue weighted by Crippen LogP contribution is 2.37. The lowest BCUT2D eigenvalue weighted by Gasteiger charge is -2.32. The molecule has 1 aromatic carbocycles. The zero-order valence-corrected chi connectivity index (χ0v) is 20.3. The van der Waals surface area contributed by atoms with Crippen LogP contribution in [0.2, 0.25) is 0 Å². The van der Waals surface area contributed by atoms with Crippen molar-refractivity contribution in [2.45, 2.75) is 51.6 Å². The Morgan fingerprint density at radius 3 is 2.55 bits per heavy atom. The molecule has 0 radical (unpaired) electrons. The highest BCUT2D eigenvalue weighted by molar-refractivity contribution is 7.17. The summed E-state index contributed by atoms with van der Waals surface area (Å²) in [6.07, 6.45) is 6.23. The van der Waals surface area contributed by atoms with E-state index in [1.54, 1.807) is 0 Å². The maximum Gasteiger partial charge on any atom is 0.267 e. The van der Waals surface area contributed by atoms with Gasteiger partial charge in [-0.3, -0.25) is 9.59 Å². The number of thiophene rings is 1. The number of hydrogen-bond acceptors (Lipinski definition) is 5. The second kappa shape index (κ2) is 11.7. The number of likely N-dealkylation sites (tertiary alicyclic amines) is 2. The van der Waals surface area contributed by atoms with E-state index in [-0.39, 0.29) is 24.5 Å². The Labute approximate surface area is 200 Å². The summed E-state index contributed by atoms with van der Waals surface area (Å²) in [5.41, 5.74) is 1.04. The van der Waals surface area contributed by atoms with Crippen LogP contribution in [-0.4, -0.2) is 67.1 Å². The number of ether oxygens (including phenoxy) is 2. The van der Waals surface area contributed by atoms with Gasteiger partial charge in [0.05, 0.1) is 6.10 Å². The smallest absolute Gasteiger partial charge is 0.267 e. The summed E-state index contributed by atoms with van der Waals surface area (Å²) >= 11 is 1.44. The number of amides is 2. The van der Waals surface area contributed by atoms with Crippen molar-refractivity contribution in [2.75, 3.05) is 39.4 Å². The molecule has 4 rings (SSSR count). The number of hydrogen-bond donors (Lipinski definition) is 0. The van der Waals surface area contributed by atoms with Crippen LogP contribution < -0.4 is 4.74 Å². The Bertz CT molecular complexity index is 924. The topological polar surface area (TPSA) is 59.1 Å². The largest absolute Gasteiger partial charge is 0.482 e. The molecule has 0 bridgehead atoms. The van der Waals surface area contributed by atoms with Gasteiger partial charge in [0.2, 0.25) is 0 Å². The molecular weight excluding hydrogens is 436 g/mol. The molecule has 2 aliphatic rings. The van der Waals surface area contributed by atoms with Gasteiger partial charge in [0, 0.05) is 37.7 Å². The predicted molar refractivity (Wildman–Crippen MR) is 131 cm³/mol. The van der Waals surface area contributed by atoms with E-state index in [9.17, 15) is 9.59 Å². The first-order valence-electron chi connectivity index (χ1n) is 12.2. The minimum absolute atomic E-state index is 0.00781. The number of benzene rings is 1. The van der Waals surface area contributed by atoms with Crippen molar-refractivity contribution in [3.05, 3.63) is 41.3 Å². The first kappa shape index (κ1) is 23.8. The van der Waals surface area contributed by atoms with Crippen LogP contribution in [0.1, 0.15) is 55.1 Å². The SMILES string of the molecule is CCCOC1CCCN(C(=O)c2sc(-c3ccccc3)cc2OCC(=O)N2CCCCC2)C1. The molecule has 2 aliphatic heterocycles. The third-order valence-electron chi connectivity index (χ3n) is 6.23. The molecule has 1 aromatic heterocycles. The highest BCUT2D eigenvalue weighted by atomic mass is 32.1. The van der Waals surface area contributed by atoms with Crippen LogP contribution in [0.3, 0.4) is 0 Å². The molecule has 0 N–H and O–H groups in total. The number of carbonyl (C=O) groups excluding carboxylic acids is 2. The Kier molecular flexibility index (Phi) is 8.40.